The molecule has 2 aromatic rings. The summed E-state index contributed by atoms with van der Waals surface area (Å²) < 4.78 is 38.1. The van der Waals surface area contributed by atoms with Crippen LogP contribution in [0.25, 0.3) is 0 Å². The second-order valence-electron chi connectivity index (χ2n) is 11.1. The molecule has 5 rings (SSSR count). The number of aromatic nitrogens is 2. The molecule has 2 fully saturated rings. The van der Waals surface area contributed by atoms with Crippen LogP contribution in [0.5, 0.6) is 5.75 Å². The number of aryl methyl sites for hydroxylation is 1. The van der Waals surface area contributed by atoms with E-state index in [1.54, 1.807) is 0 Å². The number of likely N-dealkylation sites (tertiary alicyclic amines) is 1. The first-order valence-corrected chi connectivity index (χ1v) is 14.2. The van der Waals surface area contributed by atoms with Gasteiger partial charge in [-0.15, -0.1) is 0 Å². The molecule has 218 valence electrons. The summed E-state index contributed by atoms with van der Waals surface area (Å²) in [6, 6.07) is 4.19. The molecule has 3 aliphatic rings. The van der Waals surface area contributed by atoms with Crippen LogP contribution in [0.3, 0.4) is 0 Å². The van der Waals surface area contributed by atoms with Gasteiger partial charge in [-0.3, -0.25) is 14.3 Å². The predicted octanol–water partition coefficient (Wildman–Crippen LogP) is 4.74. The number of carboxylic acids is 1. The highest BCUT2D eigenvalue weighted by Crippen LogP contribution is 2.41. The number of nitrogens with one attached hydrogen (secondary N) is 1. The molecule has 0 radical (unpaired) electrons. The van der Waals surface area contributed by atoms with Gasteiger partial charge in [0.1, 0.15) is 5.54 Å². The van der Waals surface area contributed by atoms with Crippen molar-refractivity contribution in [2.45, 2.75) is 63.5 Å². The highest BCUT2D eigenvalue weighted by molar-refractivity contribution is 6.30. The Morgan fingerprint density at radius 3 is 2.65 bits per heavy atom. The molecule has 2 atom stereocenters. The molecule has 0 spiro atoms. The summed E-state index contributed by atoms with van der Waals surface area (Å²) in [7, 11) is 0. The first kappa shape index (κ1) is 28.8. The van der Waals surface area contributed by atoms with Crippen molar-refractivity contribution in [3.05, 3.63) is 40.7 Å². The van der Waals surface area contributed by atoms with E-state index >= 15 is 0 Å². The van der Waals surface area contributed by atoms with E-state index in [4.69, 9.17) is 16.3 Å². The van der Waals surface area contributed by atoms with Crippen LogP contribution in [0.4, 0.5) is 14.5 Å². The molecule has 1 amide bonds. The van der Waals surface area contributed by atoms with Gasteiger partial charge < -0.3 is 24.8 Å². The summed E-state index contributed by atoms with van der Waals surface area (Å²) in [5.74, 6) is -1.65. The number of alkyl halides is 2. The van der Waals surface area contributed by atoms with Gasteiger partial charge in [-0.05, 0) is 68.1 Å². The van der Waals surface area contributed by atoms with Gasteiger partial charge in [0.25, 0.3) is 5.91 Å². The zero-order valence-electron chi connectivity index (χ0n) is 22.5. The van der Waals surface area contributed by atoms with Gasteiger partial charge in [0, 0.05) is 49.6 Å². The van der Waals surface area contributed by atoms with Crippen LogP contribution in [0.15, 0.2) is 24.4 Å². The van der Waals surface area contributed by atoms with Crippen molar-refractivity contribution in [1.82, 2.24) is 14.7 Å². The number of hydrogen-bond acceptors (Lipinski definition) is 6. The zero-order valence-corrected chi connectivity index (χ0v) is 23.2. The van der Waals surface area contributed by atoms with Crippen molar-refractivity contribution in [3.8, 4) is 5.75 Å². The molecule has 40 heavy (non-hydrogen) atoms. The lowest BCUT2D eigenvalue weighted by molar-refractivity contribution is -0.146. The number of anilines is 1. The van der Waals surface area contributed by atoms with Crippen LogP contribution in [0.2, 0.25) is 5.02 Å². The lowest BCUT2D eigenvalue weighted by Gasteiger charge is -2.43. The highest BCUT2D eigenvalue weighted by Gasteiger charge is 2.47. The van der Waals surface area contributed by atoms with E-state index in [9.17, 15) is 23.5 Å². The summed E-state index contributed by atoms with van der Waals surface area (Å²) in [5, 5.41) is 17.7. The van der Waals surface area contributed by atoms with Crippen molar-refractivity contribution >= 4 is 29.2 Å². The molecule has 3 heterocycles. The van der Waals surface area contributed by atoms with E-state index in [1.807, 2.05) is 10.9 Å². The van der Waals surface area contributed by atoms with Gasteiger partial charge in [-0.2, -0.15) is 13.9 Å². The Balaban J connectivity index is 1.41. The lowest BCUT2D eigenvalue weighted by Crippen LogP contribution is -2.55. The Morgan fingerprint density at radius 2 is 1.98 bits per heavy atom. The van der Waals surface area contributed by atoms with Crippen LogP contribution in [0.1, 0.15) is 56.2 Å². The normalized spacial score (nSPS) is 22.2. The number of aliphatic carboxylic acids is 1. The number of nitrogens with zero attached hydrogens (tertiary/aromatic N) is 3. The fourth-order valence-corrected chi connectivity index (χ4v) is 6.62. The average Bonchev–Trinajstić information content (AvgIpc) is 3.52. The largest absolute Gasteiger partial charge is 0.481 e. The van der Waals surface area contributed by atoms with E-state index in [1.165, 1.54) is 18.2 Å². The van der Waals surface area contributed by atoms with Crippen LogP contribution in [0, 0.1) is 11.8 Å². The number of carboxylic acid groups (broad SMARTS) is 1. The van der Waals surface area contributed by atoms with E-state index in [0.717, 1.165) is 36.9 Å². The fourth-order valence-electron chi connectivity index (χ4n) is 6.46. The summed E-state index contributed by atoms with van der Waals surface area (Å²) in [4.78, 5) is 28.4. The number of hydrogen-bond donors (Lipinski definition) is 2. The SMILES string of the molecule is C[C@H]1CCc2cnn(C3(C(=O)Nc4ccc(Cl)cc4OC(F)F)CCN(C[C@@H](C(=O)O)C4CCOCC4)CC3)c21. The number of rotatable bonds is 9. The highest BCUT2D eigenvalue weighted by atomic mass is 35.5. The number of benzene rings is 1. The van der Waals surface area contributed by atoms with Crippen molar-refractivity contribution in [2.75, 3.05) is 38.2 Å². The van der Waals surface area contributed by atoms with E-state index in [2.05, 4.69) is 27.0 Å². The minimum atomic E-state index is -3.08. The number of halogens is 3. The predicted molar refractivity (Wildman–Crippen MR) is 144 cm³/mol. The summed E-state index contributed by atoms with van der Waals surface area (Å²) in [6.45, 7) is 1.55. The van der Waals surface area contributed by atoms with Crippen molar-refractivity contribution in [1.29, 1.82) is 0 Å². The molecule has 1 aliphatic carbocycles. The Bertz CT molecular complexity index is 1230. The maximum absolute atomic E-state index is 14.1. The standard InChI is InChI=1S/C28H35ClF2N4O5/c1-17-2-3-19-15-32-35(24(17)19)28(26(38)33-22-5-4-20(29)14-23(22)40-27(30)31)8-10-34(11-9-28)16-21(25(36)37)18-6-12-39-13-7-18/h4-5,14-15,17-18,21,27H,2-3,6-13,16H2,1H3,(H,33,38)(H,36,37)/t17-,21+/m0/s1. The van der Waals surface area contributed by atoms with Gasteiger partial charge in [-0.25, -0.2) is 0 Å². The molecule has 1 aromatic carbocycles. The third kappa shape index (κ3) is 5.82. The molecule has 0 unspecified atom stereocenters. The molecule has 2 aliphatic heterocycles. The Hall–Kier alpha value is -2.76. The third-order valence-corrected chi connectivity index (χ3v) is 8.96. The molecular weight excluding hydrogens is 546 g/mol. The van der Waals surface area contributed by atoms with Crippen molar-refractivity contribution in [3.63, 3.8) is 0 Å². The van der Waals surface area contributed by atoms with E-state index < -0.39 is 24.0 Å². The van der Waals surface area contributed by atoms with E-state index in [-0.39, 0.29) is 34.2 Å². The third-order valence-electron chi connectivity index (χ3n) is 8.73. The number of carbonyl (C=O) groups excluding carboxylic acids is 1. The fraction of sp³-hybridized carbons (Fsp3) is 0.607. The van der Waals surface area contributed by atoms with Crippen molar-refractivity contribution < 1.29 is 33.0 Å². The maximum atomic E-state index is 14.1. The Kier molecular flexibility index (Phi) is 8.63. The minimum absolute atomic E-state index is 0.0506. The second-order valence-corrected chi connectivity index (χ2v) is 11.5. The van der Waals surface area contributed by atoms with Gasteiger partial charge in [0.15, 0.2) is 5.75 Å². The van der Waals surface area contributed by atoms with Gasteiger partial charge >= 0.3 is 12.6 Å². The molecule has 12 heteroatoms. The molecule has 9 nitrogen and oxygen atoms in total. The summed E-state index contributed by atoms with van der Waals surface area (Å²) in [6.07, 6.45) is 5.88. The number of carbonyl (C=O) groups is 2. The number of ether oxygens (including phenoxy) is 2. The molecular formula is C28H35ClF2N4O5. The minimum Gasteiger partial charge on any atom is -0.481 e. The first-order valence-electron chi connectivity index (χ1n) is 13.8. The summed E-state index contributed by atoms with van der Waals surface area (Å²) in [5.41, 5.74) is 1.15. The van der Waals surface area contributed by atoms with Crippen molar-refractivity contribution in [2.24, 2.45) is 11.8 Å². The average molecular weight is 581 g/mol. The lowest BCUT2D eigenvalue weighted by atomic mass is 9.82. The molecule has 1 aromatic heterocycles. The first-order chi connectivity index (χ1) is 19.2. The molecule has 0 bridgehead atoms. The molecule has 2 saturated heterocycles. The van der Waals surface area contributed by atoms with Crippen LogP contribution >= 0.6 is 11.6 Å². The Morgan fingerprint density at radius 1 is 1.25 bits per heavy atom. The van der Waals surface area contributed by atoms with Gasteiger partial charge in [-0.1, -0.05) is 18.5 Å². The number of amides is 1. The topological polar surface area (TPSA) is 106 Å². The summed E-state index contributed by atoms with van der Waals surface area (Å²) >= 11 is 6.00. The van der Waals surface area contributed by atoms with Crippen LogP contribution in [-0.4, -0.2) is 71.1 Å². The zero-order chi connectivity index (χ0) is 28.4. The monoisotopic (exact) mass is 580 g/mol. The quantitative estimate of drug-likeness (QED) is 0.441. The maximum Gasteiger partial charge on any atom is 0.387 e. The van der Waals surface area contributed by atoms with Gasteiger partial charge in [0.2, 0.25) is 0 Å². The molecule has 2 N–H and O–H groups in total. The van der Waals surface area contributed by atoms with E-state index in [0.29, 0.717) is 45.7 Å². The second kappa shape index (κ2) is 12.0. The molecule has 0 saturated carbocycles. The van der Waals surface area contributed by atoms with Crippen LogP contribution in [-0.2, 0) is 26.3 Å². The number of fused-ring (bicyclic) bond motifs is 1. The van der Waals surface area contributed by atoms with Gasteiger partial charge in [0.05, 0.1) is 17.8 Å². The Labute approximate surface area is 236 Å². The smallest absolute Gasteiger partial charge is 0.387 e. The number of piperidine rings is 1. The van der Waals surface area contributed by atoms with Crippen LogP contribution < -0.4 is 10.1 Å².